The van der Waals surface area contributed by atoms with Crippen LogP contribution in [0, 0.1) is 0 Å². The van der Waals surface area contributed by atoms with Crippen molar-refractivity contribution in [3.63, 3.8) is 0 Å². The molecule has 0 fully saturated rings. The van der Waals surface area contributed by atoms with Crippen molar-refractivity contribution < 1.29 is 45.6 Å². The average Bonchev–Trinajstić information content (AvgIpc) is 2.59. The Bertz CT molecular complexity index is 642. The lowest BCUT2D eigenvalue weighted by Gasteiger charge is -2.28. The van der Waals surface area contributed by atoms with Crippen LogP contribution in [0.2, 0.25) is 6.04 Å². The number of para-hydroxylation sites is 1. The third kappa shape index (κ3) is 9.75. The summed E-state index contributed by atoms with van der Waals surface area (Å²) in [6.45, 7) is 6.42. The van der Waals surface area contributed by atoms with Crippen molar-refractivity contribution in [3.8, 4) is 5.75 Å². The fourth-order valence-electron chi connectivity index (χ4n) is 2.26. The lowest BCUT2D eigenvalue weighted by atomic mass is 10.3. The van der Waals surface area contributed by atoms with E-state index in [9.17, 15) is 18.9 Å². The van der Waals surface area contributed by atoms with E-state index in [0.29, 0.717) is 25.9 Å². The van der Waals surface area contributed by atoms with Crippen LogP contribution in [0.25, 0.3) is 0 Å². The molecule has 2 unspecified atom stereocenters. The SMILES string of the molecule is CCO[Si](CCCOP(=O)(O)OP(=O)(O)Oc1ccccc1)(OCC)OCC. The minimum atomic E-state index is -4.85. The van der Waals surface area contributed by atoms with Crippen LogP contribution in [-0.4, -0.2) is 45.0 Å². The molecule has 13 heteroatoms. The molecule has 0 spiro atoms. The van der Waals surface area contributed by atoms with E-state index in [4.69, 9.17) is 22.3 Å². The summed E-state index contributed by atoms with van der Waals surface area (Å²) in [5.74, 6) is 0.00857. The van der Waals surface area contributed by atoms with Gasteiger partial charge in [-0.25, -0.2) is 9.13 Å². The Morgan fingerprint density at radius 2 is 1.43 bits per heavy atom. The van der Waals surface area contributed by atoms with Gasteiger partial charge in [-0.3, -0.25) is 9.42 Å². The minimum absolute atomic E-state index is 0.00857. The van der Waals surface area contributed by atoms with Crippen LogP contribution in [0.5, 0.6) is 5.75 Å². The first kappa shape index (κ1) is 25.5. The third-order valence-corrected chi connectivity index (χ3v) is 8.90. The van der Waals surface area contributed by atoms with Gasteiger partial charge in [-0.05, 0) is 39.3 Å². The highest BCUT2D eigenvalue weighted by atomic mass is 31.3. The predicted molar refractivity (Wildman–Crippen MR) is 104 cm³/mol. The summed E-state index contributed by atoms with van der Waals surface area (Å²) in [6, 6.07) is 7.95. The molecule has 0 saturated carbocycles. The van der Waals surface area contributed by atoms with Crippen LogP contribution in [0.4, 0.5) is 0 Å². The van der Waals surface area contributed by atoms with E-state index in [1.54, 1.807) is 18.2 Å². The molecule has 0 radical (unpaired) electrons. The zero-order chi connectivity index (χ0) is 21.1. The number of phosphoric acid groups is 2. The van der Waals surface area contributed by atoms with Gasteiger partial charge in [0.2, 0.25) is 0 Å². The van der Waals surface area contributed by atoms with Crippen molar-refractivity contribution in [2.45, 2.75) is 33.2 Å². The monoisotopic (exact) mass is 458 g/mol. The molecule has 28 heavy (non-hydrogen) atoms. The molecule has 0 aliphatic heterocycles. The van der Waals surface area contributed by atoms with E-state index in [1.165, 1.54) is 12.1 Å². The Labute approximate surface area is 166 Å². The van der Waals surface area contributed by atoms with Gasteiger partial charge in [0, 0.05) is 25.9 Å². The van der Waals surface area contributed by atoms with Crippen molar-refractivity contribution in [1.29, 1.82) is 0 Å². The smallest absolute Gasteiger partial charge is 0.404 e. The Hall–Kier alpha value is -0.583. The van der Waals surface area contributed by atoms with Crippen LogP contribution < -0.4 is 4.52 Å². The Balaban J connectivity index is 2.55. The summed E-state index contributed by atoms with van der Waals surface area (Å²) in [7, 11) is -12.6. The van der Waals surface area contributed by atoms with Gasteiger partial charge in [-0.15, -0.1) is 0 Å². The maximum absolute atomic E-state index is 11.9. The molecule has 0 heterocycles. The first-order chi connectivity index (χ1) is 13.2. The normalized spacial score (nSPS) is 16.3. The molecule has 162 valence electrons. The Morgan fingerprint density at radius 1 is 0.893 bits per heavy atom. The average molecular weight is 458 g/mol. The fraction of sp³-hybridized carbons (Fsp3) is 0.600. The molecule has 1 aromatic rings. The Morgan fingerprint density at radius 3 is 1.93 bits per heavy atom. The van der Waals surface area contributed by atoms with E-state index >= 15 is 0 Å². The summed E-state index contributed by atoms with van der Waals surface area (Å²) in [5.41, 5.74) is 0. The number of rotatable bonds is 15. The van der Waals surface area contributed by atoms with Gasteiger partial charge in [0.1, 0.15) is 5.75 Å². The number of phosphoric ester groups is 2. The number of hydrogen-bond acceptors (Lipinski definition) is 8. The van der Waals surface area contributed by atoms with Gasteiger partial charge in [-0.2, -0.15) is 4.31 Å². The molecular formula is C15H28O10P2Si. The Kier molecular flexibility index (Phi) is 11.1. The molecule has 0 saturated heterocycles. The molecule has 0 aliphatic rings. The van der Waals surface area contributed by atoms with Crippen LogP contribution in [-0.2, 0) is 31.2 Å². The van der Waals surface area contributed by atoms with Crippen molar-refractivity contribution in [1.82, 2.24) is 0 Å². The summed E-state index contributed by atoms with van der Waals surface area (Å²) in [6.07, 6.45) is 0.259. The van der Waals surface area contributed by atoms with Crippen molar-refractivity contribution >= 4 is 24.4 Å². The topological polar surface area (TPSA) is 130 Å². The first-order valence-electron chi connectivity index (χ1n) is 8.85. The molecular weight excluding hydrogens is 430 g/mol. The van der Waals surface area contributed by atoms with Crippen molar-refractivity contribution in [3.05, 3.63) is 30.3 Å². The van der Waals surface area contributed by atoms with Crippen LogP contribution in [0.15, 0.2) is 30.3 Å². The molecule has 1 aromatic carbocycles. The molecule has 0 amide bonds. The maximum atomic E-state index is 11.9. The van der Waals surface area contributed by atoms with E-state index in [0.717, 1.165) is 0 Å². The standard InChI is InChI=1S/C15H28O10P2Si/c1-4-21-28(22-5-2,23-6-3)14-10-13-20-26(16,17)25-27(18,19)24-15-11-8-7-9-12-15/h7-9,11-12H,4-6,10,13-14H2,1-3H3,(H,16,17)(H,18,19). The van der Waals surface area contributed by atoms with Gasteiger partial charge in [0.05, 0.1) is 6.61 Å². The van der Waals surface area contributed by atoms with Gasteiger partial charge in [0.15, 0.2) is 0 Å². The second-order valence-corrected chi connectivity index (χ2v) is 11.0. The maximum Gasteiger partial charge on any atom is 0.536 e. The zero-order valence-corrected chi connectivity index (χ0v) is 19.0. The molecule has 2 N–H and O–H groups in total. The summed E-state index contributed by atoms with van der Waals surface area (Å²) >= 11 is 0. The number of benzene rings is 1. The predicted octanol–water partition coefficient (Wildman–Crippen LogP) is 3.74. The summed E-state index contributed by atoms with van der Waals surface area (Å²) in [4.78, 5) is 19.3. The van der Waals surface area contributed by atoms with Crippen molar-refractivity contribution in [2.24, 2.45) is 0 Å². The van der Waals surface area contributed by atoms with Gasteiger partial charge >= 0.3 is 24.4 Å². The second-order valence-electron chi connectivity index (χ2n) is 5.34. The lowest BCUT2D eigenvalue weighted by molar-refractivity contribution is 0.0688. The molecule has 10 nitrogen and oxygen atoms in total. The van der Waals surface area contributed by atoms with Crippen LogP contribution in [0.1, 0.15) is 27.2 Å². The molecule has 0 bridgehead atoms. The minimum Gasteiger partial charge on any atom is -0.404 e. The zero-order valence-electron chi connectivity index (χ0n) is 16.2. The molecule has 0 aliphatic carbocycles. The van der Waals surface area contributed by atoms with Gasteiger partial charge in [0.25, 0.3) is 0 Å². The van der Waals surface area contributed by atoms with E-state index in [2.05, 4.69) is 4.31 Å². The fourth-order valence-corrected chi connectivity index (χ4v) is 6.95. The molecule has 2 atom stereocenters. The third-order valence-electron chi connectivity index (χ3n) is 3.14. The largest absolute Gasteiger partial charge is 0.536 e. The van der Waals surface area contributed by atoms with Gasteiger partial charge in [-0.1, -0.05) is 18.2 Å². The van der Waals surface area contributed by atoms with Crippen LogP contribution in [0.3, 0.4) is 0 Å². The van der Waals surface area contributed by atoms with E-state index < -0.39 is 24.4 Å². The highest BCUT2D eigenvalue weighted by Gasteiger charge is 2.41. The second kappa shape index (κ2) is 12.2. The number of hydrogen-bond donors (Lipinski definition) is 2. The van der Waals surface area contributed by atoms with E-state index in [1.807, 2.05) is 20.8 Å². The van der Waals surface area contributed by atoms with E-state index in [-0.39, 0.29) is 18.8 Å². The summed E-state index contributed by atoms with van der Waals surface area (Å²) in [5, 5.41) is 0. The van der Waals surface area contributed by atoms with Gasteiger partial charge < -0.3 is 22.7 Å². The lowest BCUT2D eigenvalue weighted by Crippen LogP contribution is -2.46. The van der Waals surface area contributed by atoms with Crippen molar-refractivity contribution in [2.75, 3.05) is 26.4 Å². The highest BCUT2D eigenvalue weighted by Crippen LogP contribution is 2.60. The summed E-state index contributed by atoms with van der Waals surface area (Å²) < 4.78 is 54.6. The first-order valence-corrected chi connectivity index (χ1v) is 13.8. The highest BCUT2D eigenvalue weighted by molar-refractivity contribution is 7.61. The quantitative estimate of drug-likeness (QED) is 0.228. The molecule has 1 rings (SSSR count). The van der Waals surface area contributed by atoms with Crippen LogP contribution >= 0.6 is 15.6 Å². The molecule has 0 aromatic heterocycles.